The lowest BCUT2D eigenvalue weighted by Crippen LogP contribution is -2.33. The summed E-state index contributed by atoms with van der Waals surface area (Å²) in [5.41, 5.74) is 1.70. The Balaban J connectivity index is 1.36. The highest BCUT2D eigenvalue weighted by Crippen LogP contribution is 2.35. The fourth-order valence-electron chi connectivity index (χ4n) is 3.15. The molecule has 0 N–H and O–H groups in total. The van der Waals surface area contributed by atoms with Crippen molar-refractivity contribution in [2.75, 3.05) is 25.6 Å². The van der Waals surface area contributed by atoms with Gasteiger partial charge in [-0.3, -0.25) is 4.79 Å². The number of amides is 1. The number of carbonyl (C=O) groups is 1. The van der Waals surface area contributed by atoms with Crippen molar-refractivity contribution in [1.29, 1.82) is 0 Å². The van der Waals surface area contributed by atoms with Gasteiger partial charge in [-0.2, -0.15) is 0 Å². The molecule has 7 heteroatoms. The standard InChI is InChI=1S/C19H21N3O3S/c23-19(22-9-3-1-2-4-10-22)12-26-18-8-6-15(20-21-18)14-5-7-16-17(11-14)25-13-24-16/h5-8,11H,1-4,9-10,12-13H2. The largest absolute Gasteiger partial charge is 0.454 e. The predicted molar refractivity (Wildman–Crippen MR) is 99.4 cm³/mol. The van der Waals surface area contributed by atoms with Crippen LogP contribution in [0.25, 0.3) is 11.3 Å². The molecule has 2 aliphatic rings. The Morgan fingerprint density at radius 3 is 2.58 bits per heavy atom. The monoisotopic (exact) mass is 371 g/mol. The molecule has 3 heterocycles. The molecule has 1 aromatic carbocycles. The number of ether oxygens (including phenoxy) is 2. The molecule has 2 aliphatic heterocycles. The summed E-state index contributed by atoms with van der Waals surface area (Å²) in [4.78, 5) is 14.3. The maximum absolute atomic E-state index is 12.4. The SMILES string of the molecule is O=C(CSc1ccc(-c2ccc3c(c2)OCO3)nn1)N1CCCCCC1. The van der Waals surface area contributed by atoms with Crippen LogP contribution in [0.2, 0.25) is 0 Å². The molecule has 136 valence electrons. The van der Waals surface area contributed by atoms with Gasteiger partial charge >= 0.3 is 0 Å². The highest BCUT2D eigenvalue weighted by atomic mass is 32.2. The molecule has 4 rings (SSSR count). The number of likely N-dealkylation sites (tertiary alicyclic amines) is 1. The van der Waals surface area contributed by atoms with Crippen LogP contribution in [0, 0.1) is 0 Å². The van der Waals surface area contributed by atoms with Gasteiger partial charge in [-0.1, -0.05) is 24.6 Å². The van der Waals surface area contributed by atoms with E-state index < -0.39 is 0 Å². The molecule has 0 saturated carbocycles. The molecule has 1 saturated heterocycles. The summed E-state index contributed by atoms with van der Waals surface area (Å²) in [5.74, 6) is 2.09. The maximum Gasteiger partial charge on any atom is 0.232 e. The number of hydrogen-bond donors (Lipinski definition) is 0. The zero-order valence-electron chi connectivity index (χ0n) is 14.5. The van der Waals surface area contributed by atoms with Crippen LogP contribution in [0.15, 0.2) is 35.4 Å². The number of thioether (sulfide) groups is 1. The minimum atomic E-state index is 0.193. The summed E-state index contributed by atoms with van der Waals surface area (Å²) >= 11 is 1.44. The van der Waals surface area contributed by atoms with Crippen LogP contribution in [-0.2, 0) is 4.79 Å². The molecule has 0 unspecified atom stereocenters. The van der Waals surface area contributed by atoms with Crippen LogP contribution < -0.4 is 9.47 Å². The van der Waals surface area contributed by atoms with Crippen LogP contribution in [0.1, 0.15) is 25.7 Å². The van der Waals surface area contributed by atoms with Crippen LogP contribution in [0.4, 0.5) is 0 Å². The summed E-state index contributed by atoms with van der Waals surface area (Å²) in [6.07, 6.45) is 4.67. The van der Waals surface area contributed by atoms with Gasteiger partial charge in [0, 0.05) is 18.7 Å². The van der Waals surface area contributed by atoms with Crippen molar-refractivity contribution >= 4 is 17.7 Å². The Labute approximate surface area is 156 Å². The van der Waals surface area contributed by atoms with Crippen LogP contribution in [0.3, 0.4) is 0 Å². The third-order valence-electron chi connectivity index (χ3n) is 4.61. The van der Waals surface area contributed by atoms with E-state index in [0.29, 0.717) is 5.75 Å². The summed E-state index contributed by atoms with van der Waals surface area (Å²) in [5, 5.41) is 9.30. The van der Waals surface area contributed by atoms with Crippen molar-refractivity contribution in [1.82, 2.24) is 15.1 Å². The topological polar surface area (TPSA) is 64.5 Å². The Hall–Kier alpha value is -2.28. The Bertz CT molecular complexity index is 774. The number of rotatable bonds is 4. The molecule has 1 fully saturated rings. The van der Waals surface area contributed by atoms with Crippen LogP contribution in [0.5, 0.6) is 11.5 Å². The van der Waals surface area contributed by atoms with E-state index in [0.717, 1.165) is 53.7 Å². The molecule has 1 amide bonds. The lowest BCUT2D eigenvalue weighted by molar-refractivity contribution is -0.128. The van der Waals surface area contributed by atoms with Crippen molar-refractivity contribution in [2.24, 2.45) is 0 Å². The molecular weight excluding hydrogens is 350 g/mol. The fourth-order valence-corrected chi connectivity index (χ4v) is 3.87. The number of nitrogens with zero attached hydrogens (tertiary/aromatic N) is 3. The summed E-state index contributed by atoms with van der Waals surface area (Å²) < 4.78 is 10.7. The van der Waals surface area contributed by atoms with Gasteiger partial charge in [0.2, 0.25) is 12.7 Å². The number of benzene rings is 1. The maximum atomic E-state index is 12.4. The molecule has 0 aliphatic carbocycles. The van der Waals surface area contributed by atoms with Gasteiger partial charge in [0.05, 0.1) is 11.4 Å². The normalized spacial score (nSPS) is 16.4. The first-order chi connectivity index (χ1) is 12.8. The molecule has 2 aromatic rings. The summed E-state index contributed by atoms with van der Waals surface area (Å²) in [6, 6.07) is 9.55. The number of hydrogen-bond acceptors (Lipinski definition) is 6. The van der Waals surface area contributed by atoms with Crippen molar-refractivity contribution in [3.8, 4) is 22.8 Å². The van der Waals surface area contributed by atoms with Crippen molar-refractivity contribution in [3.05, 3.63) is 30.3 Å². The minimum absolute atomic E-state index is 0.193. The van der Waals surface area contributed by atoms with E-state index >= 15 is 0 Å². The smallest absolute Gasteiger partial charge is 0.232 e. The quantitative estimate of drug-likeness (QED) is 0.768. The van der Waals surface area contributed by atoms with E-state index in [1.54, 1.807) is 0 Å². The average molecular weight is 371 g/mol. The fraction of sp³-hybridized carbons (Fsp3) is 0.421. The van der Waals surface area contributed by atoms with E-state index in [9.17, 15) is 4.79 Å². The molecule has 0 bridgehead atoms. The minimum Gasteiger partial charge on any atom is -0.454 e. The first kappa shape index (κ1) is 17.1. The number of aromatic nitrogens is 2. The zero-order chi connectivity index (χ0) is 17.8. The van der Waals surface area contributed by atoms with E-state index in [1.807, 2.05) is 35.2 Å². The second-order valence-corrected chi connectivity index (χ2v) is 7.40. The van der Waals surface area contributed by atoms with E-state index in [-0.39, 0.29) is 12.7 Å². The van der Waals surface area contributed by atoms with Gasteiger partial charge in [0.15, 0.2) is 11.5 Å². The molecule has 0 atom stereocenters. The molecule has 0 radical (unpaired) electrons. The first-order valence-corrected chi connectivity index (χ1v) is 9.92. The van der Waals surface area contributed by atoms with Crippen molar-refractivity contribution in [2.45, 2.75) is 30.7 Å². The van der Waals surface area contributed by atoms with Crippen LogP contribution >= 0.6 is 11.8 Å². The van der Waals surface area contributed by atoms with Gasteiger partial charge in [0.25, 0.3) is 0 Å². The van der Waals surface area contributed by atoms with E-state index in [2.05, 4.69) is 10.2 Å². The van der Waals surface area contributed by atoms with Crippen LogP contribution in [-0.4, -0.2) is 46.6 Å². The molecule has 26 heavy (non-hydrogen) atoms. The Kier molecular flexibility index (Phi) is 5.24. The van der Waals surface area contributed by atoms with Crippen molar-refractivity contribution in [3.63, 3.8) is 0 Å². The third kappa shape index (κ3) is 3.93. The van der Waals surface area contributed by atoms with Crippen molar-refractivity contribution < 1.29 is 14.3 Å². The van der Waals surface area contributed by atoms with Gasteiger partial charge in [-0.15, -0.1) is 10.2 Å². The predicted octanol–water partition coefficient (Wildman–Crippen LogP) is 3.37. The second kappa shape index (κ2) is 7.95. The first-order valence-electron chi connectivity index (χ1n) is 8.94. The zero-order valence-corrected chi connectivity index (χ0v) is 15.3. The lowest BCUT2D eigenvalue weighted by Gasteiger charge is -2.19. The summed E-state index contributed by atoms with van der Waals surface area (Å²) in [7, 11) is 0. The Morgan fingerprint density at radius 1 is 1.00 bits per heavy atom. The Morgan fingerprint density at radius 2 is 1.81 bits per heavy atom. The molecule has 6 nitrogen and oxygen atoms in total. The number of carbonyl (C=O) groups excluding carboxylic acids is 1. The van der Waals surface area contributed by atoms with E-state index in [4.69, 9.17) is 9.47 Å². The highest BCUT2D eigenvalue weighted by Gasteiger charge is 2.17. The second-order valence-electron chi connectivity index (χ2n) is 6.41. The highest BCUT2D eigenvalue weighted by molar-refractivity contribution is 7.99. The van der Waals surface area contributed by atoms with Gasteiger partial charge in [-0.05, 0) is 43.2 Å². The van der Waals surface area contributed by atoms with Gasteiger partial charge in [-0.25, -0.2) is 0 Å². The third-order valence-corrected chi connectivity index (χ3v) is 5.52. The average Bonchev–Trinajstić information content (AvgIpc) is 2.98. The van der Waals surface area contributed by atoms with E-state index in [1.165, 1.54) is 24.6 Å². The molecule has 1 aromatic heterocycles. The molecule has 0 spiro atoms. The van der Waals surface area contributed by atoms with Gasteiger partial charge in [0.1, 0.15) is 5.03 Å². The number of fused-ring (bicyclic) bond motifs is 1. The van der Waals surface area contributed by atoms with Gasteiger partial charge < -0.3 is 14.4 Å². The molecular formula is C19H21N3O3S. The summed E-state index contributed by atoms with van der Waals surface area (Å²) in [6.45, 7) is 2.02. The lowest BCUT2D eigenvalue weighted by atomic mass is 10.1.